The van der Waals surface area contributed by atoms with Gasteiger partial charge in [-0.25, -0.2) is 0 Å². The van der Waals surface area contributed by atoms with Gasteiger partial charge in [-0.05, 0) is 36.5 Å². The molecule has 4 nitrogen and oxygen atoms in total. The third-order valence-electron chi connectivity index (χ3n) is 4.24. The summed E-state index contributed by atoms with van der Waals surface area (Å²) in [6.45, 7) is 0.809. The third-order valence-corrected chi connectivity index (χ3v) is 4.67. The lowest BCUT2D eigenvalue weighted by Crippen LogP contribution is -2.39. The Morgan fingerprint density at radius 1 is 1.43 bits per heavy atom. The van der Waals surface area contributed by atoms with Crippen LogP contribution in [-0.4, -0.2) is 36.5 Å². The maximum absolute atomic E-state index is 12.2. The second-order valence-electron chi connectivity index (χ2n) is 5.69. The first-order valence-corrected chi connectivity index (χ1v) is 7.69. The molecule has 2 aliphatic rings. The Balaban J connectivity index is 1.82. The normalized spacial score (nSPS) is 23.3. The van der Waals surface area contributed by atoms with Gasteiger partial charge < -0.3 is 4.74 Å². The molecular formula is C16H18ClNO3. The van der Waals surface area contributed by atoms with E-state index in [-0.39, 0.29) is 29.7 Å². The van der Waals surface area contributed by atoms with Crippen molar-refractivity contribution in [1.29, 1.82) is 0 Å². The van der Waals surface area contributed by atoms with Crippen molar-refractivity contribution in [1.82, 2.24) is 4.90 Å². The van der Waals surface area contributed by atoms with Crippen LogP contribution in [0.2, 0.25) is 0 Å². The van der Waals surface area contributed by atoms with Crippen LogP contribution < -0.4 is 0 Å². The number of likely N-dealkylation sites (N-methyl/N-ethyl adjacent to an activating group) is 1. The van der Waals surface area contributed by atoms with Crippen molar-refractivity contribution in [3.8, 4) is 0 Å². The summed E-state index contributed by atoms with van der Waals surface area (Å²) in [5.74, 6) is -0.411. The van der Waals surface area contributed by atoms with Crippen molar-refractivity contribution in [3.05, 3.63) is 34.9 Å². The average Bonchev–Trinajstić information content (AvgIpc) is 2.97. The van der Waals surface area contributed by atoms with Gasteiger partial charge in [0.25, 0.3) is 5.91 Å². The van der Waals surface area contributed by atoms with Crippen LogP contribution in [0.3, 0.4) is 0 Å². The molecule has 1 aromatic carbocycles. The zero-order valence-corrected chi connectivity index (χ0v) is 12.7. The molecule has 0 radical (unpaired) electrons. The lowest BCUT2D eigenvalue weighted by atomic mass is 9.94. The Morgan fingerprint density at radius 3 is 2.95 bits per heavy atom. The van der Waals surface area contributed by atoms with Crippen molar-refractivity contribution in [2.75, 3.05) is 13.7 Å². The standard InChI is InChI=1S/C16H18ClNO3/c1-18-15(19)8-10-4-5-11(7-13(10)16(18)20)14(17)9-12-3-2-6-21-12/h4-5,7,12,14H,2-3,6,8-9H2,1H3. The summed E-state index contributed by atoms with van der Waals surface area (Å²) in [4.78, 5) is 25.0. The number of hydrogen-bond donors (Lipinski definition) is 0. The number of amides is 2. The Hall–Kier alpha value is -1.39. The number of rotatable bonds is 3. The molecule has 2 amide bonds. The first kappa shape index (κ1) is 14.5. The molecule has 0 aliphatic carbocycles. The Morgan fingerprint density at radius 2 is 2.24 bits per heavy atom. The molecule has 0 aromatic heterocycles. The summed E-state index contributed by atoms with van der Waals surface area (Å²) >= 11 is 6.47. The SMILES string of the molecule is CN1C(=O)Cc2ccc(C(Cl)CC3CCCO3)cc2C1=O. The van der Waals surface area contributed by atoms with Crippen molar-refractivity contribution in [3.63, 3.8) is 0 Å². The van der Waals surface area contributed by atoms with Gasteiger partial charge in [0.15, 0.2) is 0 Å². The van der Waals surface area contributed by atoms with Crippen LogP contribution in [0, 0.1) is 0 Å². The molecule has 0 saturated carbocycles. The highest BCUT2D eigenvalue weighted by Crippen LogP contribution is 2.32. The van der Waals surface area contributed by atoms with Crippen molar-refractivity contribution in [2.24, 2.45) is 0 Å². The fourth-order valence-corrected chi connectivity index (χ4v) is 3.25. The minimum absolute atomic E-state index is 0.165. The van der Waals surface area contributed by atoms with Gasteiger partial charge in [-0.3, -0.25) is 14.5 Å². The summed E-state index contributed by atoms with van der Waals surface area (Å²) in [5.41, 5.74) is 2.29. The average molecular weight is 308 g/mol. The van der Waals surface area contributed by atoms with Crippen molar-refractivity contribution < 1.29 is 14.3 Å². The van der Waals surface area contributed by atoms with Crippen LogP contribution in [0.25, 0.3) is 0 Å². The molecule has 112 valence electrons. The number of hydrogen-bond acceptors (Lipinski definition) is 3. The van der Waals surface area contributed by atoms with Crippen LogP contribution >= 0.6 is 11.6 Å². The topological polar surface area (TPSA) is 46.6 Å². The van der Waals surface area contributed by atoms with Crippen molar-refractivity contribution in [2.45, 2.75) is 37.2 Å². The predicted octanol–water partition coefficient (Wildman–Crippen LogP) is 2.69. The molecular weight excluding hydrogens is 290 g/mol. The highest BCUT2D eigenvalue weighted by atomic mass is 35.5. The smallest absolute Gasteiger partial charge is 0.260 e. The third kappa shape index (κ3) is 2.83. The van der Waals surface area contributed by atoms with Gasteiger partial charge in [0.1, 0.15) is 0 Å². The van der Waals surface area contributed by atoms with E-state index in [1.165, 1.54) is 11.9 Å². The van der Waals surface area contributed by atoms with Crippen LogP contribution in [0.1, 0.15) is 46.1 Å². The number of carbonyl (C=O) groups excluding carboxylic acids is 2. The molecule has 0 N–H and O–H groups in total. The number of nitrogens with zero attached hydrogens (tertiary/aromatic N) is 1. The fourth-order valence-electron chi connectivity index (χ4n) is 2.91. The molecule has 0 bridgehead atoms. The van der Waals surface area contributed by atoms with Crippen LogP contribution in [0.15, 0.2) is 18.2 Å². The fraction of sp³-hybridized carbons (Fsp3) is 0.500. The Kier molecular flexibility index (Phi) is 4.00. The first-order valence-electron chi connectivity index (χ1n) is 7.25. The Labute approximate surface area is 129 Å². The highest BCUT2D eigenvalue weighted by molar-refractivity contribution is 6.21. The number of alkyl halides is 1. The number of benzene rings is 1. The van der Waals surface area contributed by atoms with Crippen molar-refractivity contribution >= 4 is 23.4 Å². The molecule has 5 heteroatoms. The van der Waals surface area contributed by atoms with E-state index in [1.54, 1.807) is 0 Å². The highest BCUT2D eigenvalue weighted by Gasteiger charge is 2.29. The van der Waals surface area contributed by atoms with Gasteiger partial charge in [0, 0.05) is 19.2 Å². The quantitative estimate of drug-likeness (QED) is 0.637. The number of carbonyl (C=O) groups is 2. The van der Waals surface area contributed by atoms with Gasteiger partial charge in [0.2, 0.25) is 5.91 Å². The van der Waals surface area contributed by atoms with Gasteiger partial charge in [-0.15, -0.1) is 11.6 Å². The van der Waals surface area contributed by atoms with E-state index in [0.29, 0.717) is 5.56 Å². The largest absolute Gasteiger partial charge is 0.378 e. The van der Waals surface area contributed by atoms with Gasteiger partial charge in [-0.2, -0.15) is 0 Å². The zero-order valence-electron chi connectivity index (χ0n) is 12.0. The summed E-state index contributed by atoms with van der Waals surface area (Å²) in [6.07, 6.45) is 3.37. The van der Waals surface area contributed by atoms with Crippen LogP contribution in [0.5, 0.6) is 0 Å². The minimum atomic E-state index is -0.246. The predicted molar refractivity (Wildman–Crippen MR) is 79.4 cm³/mol. The monoisotopic (exact) mass is 307 g/mol. The van der Waals surface area contributed by atoms with Gasteiger partial charge in [-0.1, -0.05) is 12.1 Å². The molecule has 2 atom stereocenters. The molecule has 2 aliphatic heterocycles. The number of halogens is 1. The van der Waals surface area contributed by atoms with E-state index in [2.05, 4.69) is 0 Å². The maximum atomic E-state index is 12.2. The number of fused-ring (bicyclic) bond motifs is 1. The van der Waals surface area contributed by atoms with Gasteiger partial charge in [0.05, 0.1) is 17.9 Å². The number of imide groups is 1. The molecule has 1 aromatic rings. The van der Waals surface area contributed by atoms with E-state index in [1.807, 2.05) is 18.2 Å². The van der Waals surface area contributed by atoms with E-state index in [0.717, 1.165) is 37.0 Å². The Bertz CT molecular complexity index is 581. The number of ether oxygens (including phenoxy) is 1. The summed E-state index contributed by atoms with van der Waals surface area (Å²) in [5, 5.41) is -0.172. The van der Waals surface area contributed by atoms with E-state index < -0.39 is 0 Å². The van der Waals surface area contributed by atoms with E-state index in [4.69, 9.17) is 16.3 Å². The minimum Gasteiger partial charge on any atom is -0.378 e. The van der Waals surface area contributed by atoms with E-state index in [9.17, 15) is 9.59 Å². The molecule has 1 saturated heterocycles. The van der Waals surface area contributed by atoms with Gasteiger partial charge >= 0.3 is 0 Å². The molecule has 1 fully saturated rings. The summed E-state index contributed by atoms with van der Waals surface area (Å²) < 4.78 is 5.61. The van der Waals surface area contributed by atoms with E-state index >= 15 is 0 Å². The molecule has 3 rings (SSSR count). The second kappa shape index (κ2) is 5.78. The first-order chi connectivity index (χ1) is 10.1. The van der Waals surface area contributed by atoms with Crippen LogP contribution in [0.4, 0.5) is 0 Å². The summed E-state index contributed by atoms with van der Waals surface area (Å²) in [7, 11) is 1.52. The molecule has 0 spiro atoms. The summed E-state index contributed by atoms with van der Waals surface area (Å²) in [6, 6.07) is 5.59. The lowest BCUT2D eigenvalue weighted by Gasteiger charge is -2.24. The zero-order chi connectivity index (χ0) is 15.0. The molecule has 2 unspecified atom stereocenters. The van der Waals surface area contributed by atoms with Crippen LogP contribution in [-0.2, 0) is 16.0 Å². The lowest BCUT2D eigenvalue weighted by molar-refractivity contribution is -0.127. The molecule has 2 heterocycles. The second-order valence-corrected chi connectivity index (χ2v) is 6.22. The molecule has 21 heavy (non-hydrogen) atoms. The maximum Gasteiger partial charge on any atom is 0.260 e.